The Morgan fingerprint density at radius 2 is 1.82 bits per heavy atom. The van der Waals surface area contributed by atoms with Gasteiger partial charge in [-0.05, 0) is 30.2 Å². The van der Waals surface area contributed by atoms with Crippen molar-refractivity contribution in [1.29, 1.82) is 0 Å². The molecule has 2 nitrogen and oxygen atoms in total. The molecule has 0 spiro atoms. The van der Waals surface area contributed by atoms with Crippen LogP contribution in [0.15, 0.2) is 54.6 Å². The summed E-state index contributed by atoms with van der Waals surface area (Å²) < 4.78 is 0. The minimum atomic E-state index is 0.0773. The first-order valence-corrected chi connectivity index (χ1v) is 5.89. The Hall–Kier alpha value is -1.80. The van der Waals surface area contributed by atoms with E-state index < -0.39 is 0 Å². The van der Waals surface area contributed by atoms with E-state index >= 15 is 0 Å². The van der Waals surface area contributed by atoms with Crippen LogP contribution in [0.1, 0.15) is 24.1 Å². The Labute approximate surface area is 102 Å². The lowest BCUT2D eigenvalue weighted by Crippen LogP contribution is -2.06. The molecule has 0 heterocycles. The number of hydrogen-bond donors (Lipinski definition) is 2. The number of benzene rings is 2. The van der Waals surface area contributed by atoms with E-state index in [1.807, 2.05) is 19.1 Å². The van der Waals surface area contributed by atoms with E-state index in [9.17, 15) is 0 Å². The predicted octanol–water partition coefficient (Wildman–Crippen LogP) is 3.32. The largest absolute Gasteiger partial charge is 0.381 e. The van der Waals surface area contributed by atoms with Gasteiger partial charge in [0.25, 0.3) is 0 Å². The fraction of sp³-hybridized carbons (Fsp3) is 0.200. The second kappa shape index (κ2) is 5.51. The summed E-state index contributed by atoms with van der Waals surface area (Å²) in [5.74, 6) is 0. The molecule has 17 heavy (non-hydrogen) atoms. The van der Waals surface area contributed by atoms with E-state index in [-0.39, 0.29) is 6.04 Å². The van der Waals surface area contributed by atoms with E-state index in [1.54, 1.807) is 0 Å². The van der Waals surface area contributed by atoms with Crippen molar-refractivity contribution in [3.63, 3.8) is 0 Å². The van der Waals surface area contributed by atoms with Crippen LogP contribution < -0.4 is 11.1 Å². The van der Waals surface area contributed by atoms with Crippen molar-refractivity contribution in [1.82, 2.24) is 0 Å². The van der Waals surface area contributed by atoms with E-state index in [0.717, 1.165) is 17.8 Å². The van der Waals surface area contributed by atoms with Crippen molar-refractivity contribution in [3.05, 3.63) is 65.7 Å². The van der Waals surface area contributed by atoms with Crippen molar-refractivity contribution in [3.8, 4) is 0 Å². The van der Waals surface area contributed by atoms with Crippen LogP contribution in [0.2, 0.25) is 0 Å². The van der Waals surface area contributed by atoms with Crippen LogP contribution in [0.4, 0.5) is 5.69 Å². The zero-order chi connectivity index (χ0) is 12.1. The van der Waals surface area contributed by atoms with E-state index in [0.29, 0.717) is 0 Å². The lowest BCUT2D eigenvalue weighted by atomic mass is 10.1. The molecular weight excluding hydrogens is 208 g/mol. The molecule has 0 bridgehead atoms. The van der Waals surface area contributed by atoms with Gasteiger partial charge in [-0.3, -0.25) is 0 Å². The molecule has 0 saturated heterocycles. The van der Waals surface area contributed by atoms with Crippen molar-refractivity contribution >= 4 is 5.69 Å². The predicted molar refractivity (Wildman–Crippen MR) is 72.8 cm³/mol. The molecule has 0 aromatic heterocycles. The number of anilines is 1. The van der Waals surface area contributed by atoms with Gasteiger partial charge in [-0.25, -0.2) is 0 Å². The third kappa shape index (κ3) is 3.33. The molecule has 0 fully saturated rings. The lowest BCUT2D eigenvalue weighted by Gasteiger charge is -2.10. The summed E-state index contributed by atoms with van der Waals surface area (Å²) in [6.07, 6.45) is 0. The Morgan fingerprint density at radius 3 is 2.53 bits per heavy atom. The monoisotopic (exact) mass is 226 g/mol. The highest BCUT2D eigenvalue weighted by Gasteiger charge is 2.00. The SMILES string of the molecule is C[C@H](N)c1cccc(NCc2ccccc2)c1. The molecule has 88 valence electrons. The molecule has 0 aliphatic carbocycles. The van der Waals surface area contributed by atoms with Gasteiger partial charge in [-0.15, -0.1) is 0 Å². The number of nitrogens with two attached hydrogens (primary N) is 1. The van der Waals surface area contributed by atoms with Crippen LogP contribution in [0, 0.1) is 0 Å². The third-order valence-electron chi connectivity index (χ3n) is 2.75. The first-order chi connectivity index (χ1) is 8.25. The quantitative estimate of drug-likeness (QED) is 0.839. The van der Waals surface area contributed by atoms with Crippen LogP contribution in [0.25, 0.3) is 0 Å². The molecule has 1 atom stereocenters. The molecule has 2 rings (SSSR count). The highest BCUT2D eigenvalue weighted by atomic mass is 14.9. The Bertz CT molecular complexity index is 463. The van der Waals surface area contributed by atoms with Crippen molar-refractivity contribution in [2.45, 2.75) is 19.5 Å². The molecule has 0 saturated carbocycles. The summed E-state index contributed by atoms with van der Waals surface area (Å²) in [5, 5.41) is 3.40. The molecule has 2 aromatic rings. The highest BCUT2D eigenvalue weighted by Crippen LogP contribution is 2.16. The van der Waals surface area contributed by atoms with Crippen molar-refractivity contribution in [2.75, 3.05) is 5.32 Å². The van der Waals surface area contributed by atoms with Crippen molar-refractivity contribution < 1.29 is 0 Å². The maximum absolute atomic E-state index is 5.86. The lowest BCUT2D eigenvalue weighted by molar-refractivity contribution is 0.818. The summed E-state index contributed by atoms with van der Waals surface area (Å²) in [4.78, 5) is 0. The molecular formula is C15H18N2. The van der Waals surface area contributed by atoms with E-state index in [4.69, 9.17) is 5.73 Å². The second-order valence-corrected chi connectivity index (χ2v) is 4.25. The van der Waals surface area contributed by atoms with Crippen LogP contribution in [0.5, 0.6) is 0 Å². The van der Waals surface area contributed by atoms with Gasteiger partial charge in [0.15, 0.2) is 0 Å². The third-order valence-corrected chi connectivity index (χ3v) is 2.75. The smallest absolute Gasteiger partial charge is 0.0400 e. The highest BCUT2D eigenvalue weighted by molar-refractivity contribution is 5.46. The van der Waals surface area contributed by atoms with Crippen LogP contribution in [0.3, 0.4) is 0 Å². The molecule has 0 aliphatic heterocycles. The minimum absolute atomic E-state index is 0.0773. The normalized spacial score (nSPS) is 12.1. The summed E-state index contributed by atoms with van der Waals surface area (Å²) in [6.45, 7) is 2.83. The molecule has 0 radical (unpaired) electrons. The molecule has 2 aromatic carbocycles. The zero-order valence-corrected chi connectivity index (χ0v) is 10.1. The Kier molecular flexibility index (Phi) is 3.78. The maximum Gasteiger partial charge on any atom is 0.0400 e. The van der Waals surface area contributed by atoms with Gasteiger partial charge in [0.05, 0.1) is 0 Å². The van der Waals surface area contributed by atoms with Crippen LogP contribution in [-0.2, 0) is 6.54 Å². The molecule has 2 heteroatoms. The van der Waals surface area contributed by atoms with E-state index in [2.05, 4.69) is 47.8 Å². The zero-order valence-electron chi connectivity index (χ0n) is 10.1. The number of nitrogens with one attached hydrogen (secondary N) is 1. The minimum Gasteiger partial charge on any atom is -0.381 e. The maximum atomic E-state index is 5.86. The van der Waals surface area contributed by atoms with Crippen LogP contribution >= 0.6 is 0 Å². The standard InChI is InChI=1S/C15H18N2/c1-12(16)14-8-5-9-15(10-14)17-11-13-6-3-2-4-7-13/h2-10,12,17H,11,16H2,1H3/t12-/m0/s1. The first kappa shape index (κ1) is 11.7. The van der Waals surface area contributed by atoms with Gasteiger partial charge in [-0.1, -0.05) is 42.5 Å². The summed E-state index contributed by atoms with van der Waals surface area (Å²) in [7, 11) is 0. The summed E-state index contributed by atoms with van der Waals surface area (Å²) >= 11 is 0. The molecule has 0 amide bonds. The van der Waals surface area contributed by atoms with Crippen LogP contribution in [-0.4, -0.2) is 0 Å². The Balaban J connectivity index is 2.02. The topological polar surface area (TPSA) is 38.0 Å². The second-order valence-electron chi connectivity index (χ2n) is 4.25. The van der Waals surface area contributed by atoms with E-state index in [1.165, 1.54) is 5.56 Å². The van der Waals surface area contributed by atoms with Gasteiger partial charge < -0.3 is 11.1 Å². The average molecular weight is 226 g/mol. The molecule has 3 N–H and O–H groups in total. The first-order valence-electron chi connectivity index (χ1n) is 5.89. The summed E-state index contributed by atoms with van der Waals surface area (Å²) in [5.41, 5.74) is 9.41. The fourth-order valence-corrected chi connectivity index (χ4v) is 1.73. The van der Waals surface area contributed by atoms with Gasteiger partial charge in [-0.2, -0.15) is 0 Å². The summed E-state index contributed by atoms with van der Waals surface area (Å²) in [6, 6.07) is 18.7. The Morgan fingerprint density at radius 1 is 1.06 bits per heavy atom. The van der Waals surface area contributed by atoms with Gasteiger partial charge in [0.2, 0.25) is 0 Å². The average Bonchev–Trinajstić information content (AvgIpc) is 2.38. The van der Waals surface area contributed by atoms with Gasteiger partial charge in [0, 0.05) is 18.3 Å². The molecule has 0 aliphatic rings. The number of rotatable bonds is 4. The van der Waals surface area contributed by atoms with Gasteiger partial charge >= 0.3 is 0 Å². The molecule has 0 unspecified atom stereocenters. The number of hydrogen-bond acceptors (Lipinski definition) is 2. The fourth-order valence-electron chi connectivity index (χ4n) is 1.73. The van der Waals surface area contributed by atoms with Gasteiger partial charge in [0.1, 0.15) is 0 Å². The van der Waals surface area contributed by atoms with Crippen molar-refractivity contribution in [2.24, 2.45) is 5.73 Å².